The maximum absolute atomic E-state index is 12.7. The first-order valence-electron chi connectivity index (χ1n) is 9.92. The maximum Gasteiger partial charge on any atom is 0.287 e. The van der Waals surface area contributed by atoms with E-state index in [1.165, 1.54) is 6.21 Å². The molecule has 0 aliphatic heterocycles. The number of hydrogen-bond acceptors (Lipinski definition) is 5. The third kappa shape index (κ3) is 6.56. The van der Waals surface area contributed by atoms with Crippen molar-refractivity contribution in [2.24, 2.45) is 5.10 Å². The standard InChI is InChI=1S/C25H24N4O3/c1-29(2)21-14-12-19(13-15-21)18-23(27-24(30)20-8-4-3-5-9-20)25(31)28-26-16-6-10-22-11-7-17-32-22/h3-18H,1-2H3,(H,27,30)(H,28,31)/b10-6+,23-18-,26-16+. The predicted octanol–water partition coefficient (Wildman–Crippen LogP) is 3.93. The number of nitrogens with one attached hydrogen (secondary N) is 2. The van der Waals surface area contributed by atoms with Crippen molar-refractivity contribution in [1.82, 2.24) is 10.7 Å². The first-order valence-corrected chi connectivity index (χ1v) is 9.92. The van der Waals surface area contributed by atoms with Crippen molar-refractivity contribution in [3.63, 3.8) is 0 Å². The molecule has 2 amide bonds. The summed E-state index contributed by atoms with van der Waals surface area (Å²) < 4.78 is 5.18. The number of nitrogens with zero attached hydrogens (tertiary/aromatic N) is 2. The van der Waals surface area contributed by atoms with Gasteiger partial charge in [0, 0.05) is 31.6 Å². The quantitative estimate of drug-likeness (QED) is 0.323. The lowest BCUT2D eigenvalue weighted by molar-refractivity contribution is -0.117. The number of hydrogen-bond donors (Lipinski definition) is 2. The summed E-state index contributed by atoms with van der Waals surface area (Å²) in [6, 6.07) is 19.8. The van der Waals surface area contributed by atoms with Crippen molar-refractivity contribution in [1.29, 1.82) is 0 Å². The molecule has 0 unspecified atom stereocenters. The lowest BCUT2D eigenvalue weighted by Crippen LogP contribution is -2.32. The zero-order valence-electron chi connectivity index (χ0n) is 17.9. The van der Waals surface area contributed by atoms with Gasteiger partial charge in [-0.15, -0.1) is 0 Å². The van der Waals surface area contributed by atoms with E-state index in [1.807, 2.05) is 49.3 Å². The Morgan fingerprint density at radius 2 is 1.72 bits per heavy atom. The molecule has 1 heterocycles. The van der Waals surface area contributed by atoms with Crippen LogP contribution in [0.15, 0.2) is 94.3 Å². The molecule has 2 aromatic carbocycles. The molecule has 1 aromatic heterocycles. The van der Waals surface area contributed by atoms with Gasteiger partial charge in [0.2, 0.25) is 0 Å². The highest BCUT2D eigenvalue weighted by atomic mass is 16.3. The Balaban J connectivity index is 1.75. The van der Waals surface area contributed by atoms with Crippen LogP contribution in [0.25, 0.3) is 12.2 Å². The molecular formula is C25H24N4O3. The van der Waals surface area contributed by atoms with Gasteiger partial charge in [0.1, 0.15) is 11.5 Å². The molecule has 3 rings (SSSR count). The first-order chi connectivity index (χ1) is 15.5. The van der Waals surface area contributed by atoms with E-state index in [9.17, 15) is 9.59 Å². The van der Waals surface area contributed by atoms with Gasteiger partial charge in [-0.3, -0.25) is 9.59 Å². The van der Waals surface area contributed by atoms with Gasteiger partial charge in [-0.2, -0.15) is 5.10 Å². The topological polar surface area (TPSA) is 86.9 Å². The Morgan fingerprint density at radius 1 is 0.969 bits per heavy atom. The van der Waals surface area contributed by atoms with Gasteiger partial charge >= 0.3 is 0 Å². The van der Waals surface area contributed by atoms with E-state index >= 15 is 0 Å². The van der Waals surface area contributed by atoms with Crippen molar-refractivity contribution in [3.05, 3.63) is 102 Å². The first kappa shape index (κ1) is 22.3. The molecule has 32 heavy (non-hydrogen) atoms. The molecule has 0 spiro atoms. The summed E-state index contributed by atoms with van der Waals surface area (Å²) in [5.74, 6) is -0.271. The molecule has 3 aromatic rings. The SMILES string of the molecule is CN(C)c1ccc(/C=C(\NC(=O)c2ccccc2)C(=O)N/N=C/C=C/c2ccco2)cc1. The summed E-state index contributed by atoms with van der Waals surface area (Å²) in [7, 11) is 3.89. The molecule has 0 saturated carbocycles. The fraction of sp³-hybridized carbons (Fsp3) is 0.0800. The lowest BCUT2D eigenvalue weighted by atomic mass is 10.1. The summed E-state index contributed by atoms with van der Waals surface area (Å²) >= 11 is 0. The monoisotopic (exact) mass is 428 g/mol. The second kappa shape index (κ2) is 11.1. The van der Waals surface area contributed by atoms with Crippen LogP contribution >= 0.6 is 0 Å². The Hall–Kier alpha value is -4.39. The second-order valence-corrected chi connectivity index (χ2v) is 6.96. The minimum absolute atomic E-state index is 0.0728. The van der Waals surface area contributed by atoms with Crippen LogP contribution in [0.4, 0.5) is 5.69 Å². The third-order valence-corrected chi connectivity index (χ3v) is 4.38. The smallest absolute Gasteiger partial charge is 0.287 e. The van der Waals surface area contributed by atoms with E-state index in [2.05, 4.69) is 15.8 Å². The number of amides is 2. The van der Waals surface area contributed by atoms with Gasteiger partial charge in [0.25, 0.3) is 11.8 Å². The van der Waals surface area contributed by atoms with Gasteiger partial charge in [-0.1, -0.05) is 30.3 Å². The molecule has 0 radical (unpaired) electrons. The lowest BCUT2D eigenvalue weighted by Gasteiger charge is -2.12. The number of anilines is 1. The van der Waals surface area contributed by atoms with Crippen LogP contribution < -0.4 is 15.6 Å². The molecular weight excluding hydrogens is 404 g/mol. The van der Waals surface area contributed by atoms with Crippen LogP contribution in [-0.2, 0) is 4.79 Å². The van der Waals surface area contributed by atoms with Crippen LogP contribution in [0.5, 0.6) is 0 Å². The molecule has 0 aliphatic rings. The molecule has 7 heteroatoms. The van der Waals surface area contributed by atoms with Crippen LogP contribution in [0.1, 0.15) is 21.7 Å². The fourth-order valence-electron chi connectivity index (χ4n) is 2.70. The molecule has 0 fully saturated rings. The zero-order valence-corrected chi connectivity index (χ0v) is 17.9. The normalized spacial score (nSPS) is 11.6. The highest BCUT2D eigenvalue weighted by Crippen LogP contribution is 2.14. The number of carbonyl (C=O) groups excluding carboxylic acids is 2. The Bertz CT molecular complexity index is 1110. The van der Waals surface area contributed by atoms with E-state index in [0.29, 0.717) is 11.3 Å². The third-order valence-electron chi connectivity index (χ3n) is 4.38. The molecule has 7 nitrogen and oxygen atoms in total. The van der Waals surface area contributed by atoms with Gasteiger partial charge in [0.15, 0.2) is 0 Å². The fourth-order valence-corrected chi connectivity index (χ4v) is 2.70. The number of allylic oxidation sites excluding steroid dienone is 1. The predicted molar refractivity (Wildman–Crippen MR) is 127 cm³/mol. The van der Waals surface area contributed by atoms with Crippen molar-refractivity contribution >= 4 is 35.9 Å². The second-order valence-electron chi connectivity index (χ2n) is 6.96. The van der Waals surface area contributed by atoms with Gasteiger partial charge in [-0.25, -0.2) is 5.43 Å². The number of furan rings is 1. The zero-order chi connectivity index (χ0) is 22.8. The van der Waals surface area contributed by atoms with Crippen LogP contribution in [0.3, 0.4) is 0 Å². The van der Waals surface area contributed by atoms with Crippen molar-refractivity contribution in [2.45, 2.75) is 0 Å². The van der Waals surface area contributed by atoms with E-state index in [4.69, 9.17) is 4.42 Å². The van der Waals surface area contributed by atoms with Gasteiger partial charge in [-0.05, 0) is 60.2 Å². The van der Waals surface area contributed by atoms with Gasteiger partial charge < -0.3 is 14.6 Å². The van der Waals surface area contributed by atoms with E-state index < -0.39 is 11.8 Å². The average Bonchev–Trinajstić information content (AvgIpc) is 3.32. The van der Waals surface area contributed by atoms with Crippen molar-refractivity contribution in [2.75, 3.05) is 19.0 Å². The van der Waals surface area contributed by atoms with E-state index in [-0.39, 0.29) is 5.70 Å². The highest BCUT2D eigenvalue weighted by Gasteiger charge is 2.14. The molecule has 0 atom stereocenters. The molecule has 0 bridgehead atoms. The summed E-state index contributed by atoms with van der Waals surface area (Å²) in [6.07, 6.45) is 7.92. The summed E-state index contributed by atoms with van der Waals surface area (Å²) in [5.41, 5.74) is 4.73. The molecule has 0 aliphatic carbocycles. The molecule has 0 saturated heterocycles. The van der Waals surface area contributed by atoms with Crippen LogP contribution in [0, 0.1) is 0 Å². The van der Waals surface area contributed by atoms with Gasteiger partial charge in [0.05, 0.1) is 6.26 Å². The van der Waals surface area contributed by atoms with Crippen LogP contribution in [-0.4, -0.2) is 32.1 Å². The number of rotatable bonds is 8. The minimum atomic E-state index is -0.548. The number of benzene rings is 2. The van der Waals surface area contributed by atoms with Crippen molar-refractivity contribution in [3.8, 4) is 0 Å². The van der Waals surface area contributed by atoms with Crippen molar-refractivity contribution < 1.29 is 14.0 Å². The number of carbonyl (C=O) groups is 2. The Labute approximate surface area is 186 Å². The minimum Gasteiger partial charge on any atom is -0.465 e. The maximum atomic E-state index is 12.7. The molecule has 2 N–H and O–H groups in total. The summed E-state index contributed by atoms with van der Waals surface area (Å²) in [4.78, 5) is 27.3. The summed E-state index contributed by atoms with van der Waals surface area (Å²) in [5, 5.41) is 6.57. The van der Waals surface area contributed by atoms with E-state index in [1.54, 1.807) is 60.9 Å². The Kier molecular flexibility index (Phi) is 7.75. The molecule has 162 valence electrons. The average molecular weight is 428 g/mol. The van der Waals surface area contributed by atoms with E-state index in [0.717, 1.165) is 11.3 Å². The largest absolute Gasteiger partial charge is 0.465 e. The summed E-state index contributed by atoms with van der Waals surface area (Å²) in [6.45, 7) is 0. The van der Waals surface area contributed by atoms with Crippen LogP contribution in [0.2, 0.25) is 0 Å². The Morgan fingerprint density at radius 3 is 2.38 bits per heavy atom. The highest BCUT2D eigenvalue weighted by molar-refractivity contribution is 6.05. The number of hydrazone groups is 1.